The van der Waals surface area contributed by atoms with Gasteiger partial charge in [0.1, 0.15) is 0 Å². The van der Waals surface area contributed by atoms with Crippen LogP contribution in [0, 0.1) is 6.92 Å². The summed E-state index contributed by atoms with van der Waals surface area (Å²) in [5.41, 5.74) is 2.13. The minimum Gasteiger partial charge on any atom is -0.282 e. The Kier molecular flexibility index (Phi) is 12.7. The van der Waals surface area contributed by atoms with Crippen molar-refractivity contribution in [1.29, 1.82) is 0 Å². The minimum absolute atomic E-state index is 0.00953. The first-order valence-corrected chi connectivity index (χ1v) is 12.5. The zero-order chi connectivity index (χ0) is 20.0. The van der Waals surface area contributed by atoms with Crippen molar-refractivity contribution < 1.29 is 13.0 Å². The van der Waals surface area contributed by atoms with Gasteiger partial charge in [-0.1, -0.05) is 96.5 Å². The molecule has 1 rings (SSSR count). The van der Waals surface area contributed by atoms with Gasteiger partial charge in [0.15, 0.2) is 0 Å². The molecule has 0 aliphatic rings. The Morgan fingerprint density at radius 3 is 1.59 bits per heavy atom. The fourth-order valence-corrected chi connectivity index (χ4v) is 4.19. The molecule has 0 aromatic heterocycles. The molecule has 1 aromatic rings. The molecule has 0 heterocycles. The standard InChI is InChI=1S/C23H40O3S/c1-3-4-5-6-7-8-9-10-11-12-13-14-15-16-17-22-18-19-23(20-21(22)2)27(24,25)26/h18-20H,3-17H2,1-2H3,(H,24,25,26). The van der Waals surface area contributed by atoms with Crippen LogP contribution in [0.2, 0.25) is 0 Å². The largest absolute Gasteiger partial charge is 0.294 e. The molecule has 156 valence electrons. The van der Waals surface area contributed by atoms with Gasteiger partial charge >= 0.3 is 0 Å². The van der Waals surface area contributed by atoms with Crippen molar-refractivity contribution in [2.45, 2.75) is 115 Å². The molecule has 27 heavy (non-hydrogen) atoms. The molecular formula is C23H40O3S. The molecular weight excluding hydrogens is 356 g/mol. The van der Waals surface area contributed by atoms with Gasteiger partial charge in [-0.2, -0.15) is 8.42 Å². The van der Waals surface area contributed by atoms with Gasteiger partial charge < -0.3 is 0 Å². The topological polar surface area (TPSA) is 54.4 Å². The lowest BCUT2D eigenvalue weighted by molar-refractivity contribution is 0.483. The number of aryl methyl sites for hydroxylation is 2. The van der Waals surface area contributed by atoms with Gasteiger partial charge in [-0.15, -0.1) is 0 Å². The highest BCUT2D eigenvalue weighted by Gasteiger charge is 2.10. The maximum Gasteiger partial charge on any atom is 0.294 e. The van der Waals surface area contributed by atoms with Crippen molar-refractivity contribution in [1.82, 2.24) is 0 Å². The monoisotopic (exact) mass is 396 g/mol. The fourth-order valence-electron chi connectivity index (χ4n) is 3.62. The number of hydrogen-bond acceptors (Lipinski definition) is 2. The fraction of sp³-hybridized carbons (Fsp3) is 0.739. The summed E-state index contributed by atoms with van der Waals surface area (Å²) in [7, 11) is -4.09. The van der Waals surface area contributed by atoms with Crippen molar-refractivity contribution in [3.05, 3.63) is 29.3 Å². The number of rotatable bonds is 16. The first kappa shape index (κ1) is 24.2. The molecule has 1 N–H and O–H groups in total. The van der Waals surface area contributed by atoms with Gasteiger partial charge in [-0.3, -0.25) is 4.55 Å². The first-order valence-electron chi connectivity index (χ1n) is 11.0. The van der Waals surface area contributed by atoms with Gasteiger partial charge in [-0.05, 0) is 43.0 Å². The predicted octanol–water partition coefficient (Wildman–Crippen LogP) is 7.27. The van der Waals surface area contributed by atoms with Crippen LogP contribution in [-0.2, 0) is 16.5 Å². The number of hydrogen-bond donors (Lipinski definition) is 1. The lowest BCUT2D eigenvalue weighted by Crippen LogP contribution is -2.00. The van der Waals surface area contributed by atoms with Crippen molar-refractivity contribution >= 4 is 10.1 Å². The molecule has 0 bridgehead atoms. The van der Waals surface area contributed by atoms with Gasteiger partial charge in [0.25, 0.3) is 10.1 Å². The third-order valence-electron chi connectivity index (χ3n) is 5.41. The molecule has 3 nitrogen and oxygen atoms in total. The van der Waals surface area contributed by atoms with E-state index < -0.39 is 10.1 Å². The third kappa shape index (κ3) is 11.5. The van der Waals surface area contributed by atoms with Crippen LogP contribution in [0.25, 0.3) is 0 Å². The van der Waals surface area contributed by atoms with Crippen LogP contribution < -0.4 is 0 Å². The summed E-state index contributed by atoms with van der Waals surface area (Å²) in [6.45, 7) is 4.18. The SMILES string of the molecule is CCCCCCCCCCCCCCCCc1ccc(S(=O)(=O)O)cc1C. The second-order valence-corrected chi connectivity index (χ2v) is 9.33. The third-order valence-corrected chi connectivity index (χ3v) is 6.26. The molecule has 0 aliphatic heterocycles. The van der Waals surface area contributed by atoms with Crippen LogP contribution in [-0.4, -0.2) is 13.0 Å². The Bertz CT molecular complexity index is 608. The maximum atomic E-state index is 11.1. The van der Waals surface area contributed by atoms with Crippen LogP contribution >= 0.6 is 0 Å². The van der Waals surface area contributed by atoms with E-state index in [2.05, 4.69) is 6.92 Å². The molecule has 0 fully saturated rings. The summed E-state index contributed by atoms with van der Waals surface area (Å²) in [6, 6.07) is 4.90. The van der Waals surface area contributed by atoms with Crippen LogP contribution in [0.4, 0.5) is 0 Å². The molecule has 0 amide bonds. The summed E-state index contributed by atoms with van der Waals surface area (Å²) in [5, 5.41) is 0. The Labute approximate surface area is 167 Å². The second-order valence-electron chi connectivity index (χ2n) is 7.91. The van der Waals surface area contributed by atoms with Gasteiger partial charge in [0.05, 0.1) is 4.90 Å². The van der Waals surface area contributed by atoms with Crippen LogP contribution in [0.1, 0.15) is 108 Å². The molecule has 4 heteroatoms. The Morgan fingerprint density at radius 1 is 0.741 bits per heavy atom. The zero-order valence-electron chi connectivity index (χ0n) is 17.5. The van der Waals surface area contributed by atoms with Crippen LogP contribution in [0.5, 0.6) is 0 Å². The van der Waals surface area contributed by atoms with Crippen LogP contribution in [0.3, 0.4) is 0 Å². The van der Waals surface area contributed by atoms with Gasteiger partial charge in [-0.25, -0.2) is 0 Å². The van der Waals surface area contributed by atoms with E-state index in [0.29, 0.717) is 0 Å². The summed E-state index contributed by atoms with van der Waals surface area (Å²) in [6.07, 6.45) is 19.9. The molecule has 0 atom stereocenters. The van der Waals surface area contributed by atoms with E-state index in [4.69, 9.17) is 4.55 Å². The van der Waals surface area contributed by atoms with Gasteiger partial charge in [0, 0.05) is 0 Å². The predicted molar refractivity (Wildman–Crippen MR) is 115 cm³/mol. The second kappa shape index (κ2) is 14.2. The average molecular weight is 397 g/mol. The van der Waals surface area contributed by atoms with Gasteiger partial charge in [0.2, 0.25) is 0 Å². The molecule has 0 radical (unpaired) electrons. The maximum absolute atomic E-state index is 11.1. The highest BCUT2D eigenvalue weighted by molar-refractivity contribution is 7.85. The molecule has 0 saturated carbocycles. The number of unbranched alkanes of at least 4 members (excludes halogenated alkanes) is 13. The molecule has 0 unspecified atom stereocenters. The summed E-state index contributed by atoms with van der Waals surface area (Å²) in [4.78, 5) is -0.00953. The smallest absolute Gasteiger partial charge is 0.282 e. The van der Waals surface area contributed by atoms with Crippen LogP contribution in [0.15, 0.2) is 23.1 Å². The van der Waals surface area contributed by atoms with E-state index in [1.165, 1.54) is 95.1 Å². The highest BCUT2D eigenvalue weighted by atomic mass is 32.2. The molecule has 0 spiro atoms. The summed E-state index contributed by atoms with van der Waals surface area (Å²) < 4.78 is 31.4. The zero-order valence-corrected chi connectivity index (χ0v) is 18.3. The van der Waals surface area contributed by atoms with Crippen molar-refractivity contribution in [3.63, 3.8) is 0 Å². The van der Waals surface area contributed by atoms with E-state index in [1.807, 2.05) is 13.0 Å². The summed E-state index contributed by atoms with van der Waals surface area (Å²) >= 11 is 0. The van der Waals surface area contributed by atoms with E-state index in [-0.39, 0.29) is 4.90 Å². The molecule has 0 saturated heterocycles. The van der Waals surface area contributed by atoms with E-state index in [1.54, 1.807) is 6.07 Å². The average Bonchev–Trinajstić information content (AvgIpc) is 2.62. The highest BCUT2D eigenvalue weighted by Crippen LogP contribution is 2.18. The quantitative estimate of drug-likeness (QED) is 0.236. The molecule has 0 aliphatic carbocycles. The minimum atomic E-state index is -4.09. The Morgan fingerprint density at radius 2 is 1.19 bits per heavy atom. The number of benzene rings is 1. The normalized spacial score (nSPS) is 11.8. The lowest BCUT2D eigenvalue weighted by Gasteiger charge is -2.07. The lowest BCUT2D eigenvalue weighted by atomic mass is 10.0. The molecule has 1 aromatic carbocycles. The summed E-state index contributed by atoms with van der Waals surface area (Å²) in [5.74, 6) is 0. The van der Waals surface area contributed by atoms with E-state index in [0.717, 1.165) is 18.4 Å². The Balaban J connectivity index is 1.99. The van der Waals surface area contributed by atoms with E-state index >= 15 is 0 Å². The van der Waals surface area contributed by atoms with Crippen molar-refractivity contribution in [2.24, 2.45) is 0 Å². The van der Waals surface area contributed by atoms with E-state index in [9.17, 15) is 8.42 Å². The first-order chi connectivity index (χ1) is 12.9. The Hall–Kier alpha value is -0.870. The van der Waals surface area contributed by atoms with Crippen molar-refractivity contribution in [2.75, 3.05) is 0 Å². The van der Waals surface area contributed by atoms with Crippen molar-refractivity contribution in [3.8, 4) is 0 Å².